The Balaban J connectivity index is 2.70. The number of nitrogens with zero attached hydrogens (tertiary/aromatic N) is 3. The van der Waals surface area contributed by atoms with Gasteiger partial charge in [-0.2, -0.15) is 0 Å². The lowest BCUT2D eigenvalue weighted by Gasteiger charge is -1.88. The molecule has 1 aliphatic rings. The molecule has 0 bridgehead atoms. The number of aliphatic imine (C=N–C) groups is 1. The maximum Gasteiger partial charge on any atom is 0.353 e. The number of rotatable bonds is 1. The SMILES string of the molecule is NC1=NC(C(=O)O)N=N1. The van der Waals surface area contributed by atoms with Crippen molar-refractivity contribution in [1.29, 1.82) is 0 Å². The lowest BCUT2D eigenvalue weighted by Crippen LogP contribution is -2.14. The normalized spacial score (nSPS) is 24.0. The summed E-state index contributed by atoms with van der Waals surface area (Å²) in [6.45, 7) is 0. The van der Waals surface area contributed by atoms with Crippen molar-refractivity contribution in [2.24, 2.45) is 21.0 Å². The molecule has 1 heterocycles. The van der Waals surface area contributed by atoms with Gasteiger partial charge in [-0.1, -0.05) is 0 Å². The Morgan fingerprint density at radius 1 is 1.78 bits per heavy atom. The number of nitrogens with two attached hydrogens (primary N) is 1. The Hall–Kier alpha value is -1.46. The number of hydrogen-bond acceptors (Lipinski definition) is 5. The van der Waals surface area contributed by atoms with Gasteiger partial charge in [0.2, 0.25) is 5.96 Å². The highest BCUT2D eigenvalue weighted by molar-refractivity contribution is 5.85. The minimum Gasteiger partial charge on any atom is -0.478 e. The van der Waals surface area contributed by atoms with E-state index in [9.17, 15) is 4.79 Å². The topological polar surface area (TPSA) is 100 Å². The van der Waals surface area contributed by atoms with Crippen LogP contribution in [-0.4, -0.2) is 23.2 Å². The molecule has 3 N–H and O–H groups in total. The number of hydrogen-bond donors (Lipinski definition) is 2. The van der Waals surface area contributed by atoms with Gasteiger partial charge in [0.15, 0.2) is 0 Å². The number of carbonyl (C=O) groups is 1. The van der Waals surface area contributed by atoms with Gasteiger partial charge in [-0.3, -0.25) is 0 Å². The molecule has 0 aromatic carbocycles. The van der Waals surface area contributed by atoms with Crippen LogP contribution in [0.5, 0.6) is 0 Å². The van der Waals surface area contributed by atoms with Gasteiger partial charge in [-0.15, -0.1) is 10.2 Å². The van der Waals surface area contributed by atoms with Crippen LogP contribution in [0.3, 0.4) is 0 Å². The average molecular weight is 128 g/mol. The van der Waals surface area contributed by atoms with E-state index in [0.29, 0.717) is 0 Å². The minimum atomic E-state index is -1.14. The van der Waals surface area contributed by atoms with E-state index in [4.69, 9.17) is 10.8 Å². The van der Waals surface area contributed by atoms with Gasteiger partial charge in [-0.25, -0.2) is 9.79 Å². The summed E-state index contributed by atoms with van der Waals surface area (Å²) in [6, 6.07) is 0. The summed E-state index contributed by atoms with van der Waals surface area (Å²) in [4.78, 5) is 13.4. The Morgan fingerprint density at radius 3 is 2.67 bits per heavy atom. The first-order chi connectivity index (χ1) is 4.20. The van der Waals surface area contributed by atoms with Crippen LogP contribution >= 0.6 is 0 Å². The summed E-state index contributed by atoms with van der Waals surface area (Å²) in [6.07, 6.45) is -1.12. The van der Waals surface area contributed by atoms with Crippen LogP contribution in [-0.2, 0) is 4.79 Å². The molecule has 0 saturated carbocycles. The van der Waals surface area contributed by atoms with Gasteiger partial charge in [-0.05, 0) is 0 Å². The van der Waals surface area contributed by atoms with Crippen molar-refractivity contribution in [1.82, 2.24) is 0 Å². The second kappa shape index (κ2) is 1.81. The van der Waals surface area contributed by atoms with Crippen LogP contribution in [0.2, 0.25) is 0 Å². The molecular weight excluding hydrogens is 124 g/mol. The largest absolute Gasteiger partial charge is 0.478 e. The van der Waals surface area contributed by atoms with Gasteiger partial charge in [0, 0.05) is 0 Å². The maximum atomic E-state index is 10.0. The first kappa shape index (κ1) is 5.67. The quantitative estimate of drug-likeness (QED) is 0.482. The van der Waals surface area contributed by atoms with Crippen LogP contribution in [0.25, 0.3) is 0 Å². The molecule has 6 heteroatoms. The predicted octanol–water partition coefficient (Wildman–Crippen LogP) is -0.822. The van der Waals surface area contributed by atoms with Crippen LogP contribution < -0.4 is 5.73 Å². The summed E-state index contributed by atoms with van der Waals surface area (Å²) in [5, 5.41) is 14.6. The standard InChI is InChI=1S/C3H4N4O2/c4-3-5-1(2(8)9)6-7-3/h1H,(H2,4,5)(H,8,9). The number of azo groups is 1. The molecule has 0 spiro atoms. The first-order valence-corrected chi connectivity index (χ1v) is 2.17. The van der Waals surface area contributed by atoms with Crippen LogP contribution in [0.1, 0.15) is 0 Å². The molecule has 0 aromatic rings. The van der Waals surface area contributed by atoms with Crippen molar-refractivity contribution in [2.75, 3.05) is 0 Å². The van der Waals surface area contributed by atoms with E-state index < -0.39 is 12.1 Å². The Morgan fingerprint density at radius 2 is 2.44 bits per heavy atom. The summed E-state index contributed by atoms with van der Waals surface area (Å²) in [5.41, 5.74) is 4.99. The van der Waals surface area contributed by atoms with Crippen molar-refractivity contribution in [3.63, 3.8) is 0 Å². The zero-order valence-electron chi connectivity index (χ0n) is 4.35. The third-order valence-corrected chi connectivity index (χ3v) is 0.745. The van der Waals surface area contributed by atoms with Crippen molar-refractivity contribution < 1.29 is 9.90 Å². The second-order valence-corrected chi connectivity index (χ2v) is 1.41. The highest BCUT2D eigenvalue weighted by atomic mass is 16.4. The van der Waals surface area contributed by atoms with Crippen molar-refractivity contribution >= 4 is 11.9 Å². The van der Waals surface area contributed by atoms with E-state index in [2.05, 4.69) is 15.2 Å². The lowest BCUT2D eigenvalue weighted by atomic mass is 10.5. The minimum absolute atomic E-state index is 0.0811. The first-order valence-electron chi connectivity index (χ1n) is 2.17. The Labute approximate surface area is 50.1 Å². The van der Waals surface area contributed by atoms with Crippen LogP contribution in [0.4, 0.5) is 0 Å². The van der Waals surface area contributed by atoms with E-state index >= 15 is 0 Å². The Bertz CT molecular complexity index is 196. The van der Waals surface area contributed by atoms with Crippen molar-refractivity contribution in [3.8, 4) is 0 Å². The molecule has 0 amide bonds. The molecule has 1 rings (SSSR count). The molecule has 1 atom stereocenters. The number of aliphatic carboxylic acids is 1. The highest BCUT2D eigenvalue weighted by Crippen LogP contribution is 2.01. The van der Waals surface area contributed by atoms with E-state index in [1.807, 2.05) is 0 Å². The monoisotopic (exact) mass is 128 g/mol. The maximum absolute atomic E-state index is 10.0. The summed E-state index contributed by atoms with van der Waals surface area (Å²) in [5.74, 6) is -1.22. The number of carboxylic acid groups (broad SMARTS) is 1. The summed E-state index contributed by atoms with van der Waals surface area (Å²) < 4.78 is 0. The Kier molecular flexibility index (Phi) is 1.14. The van der Waals surface area contributed by atoms with E-state index in [1.165, 1.54) is 0 Å². The van der Waals surface area contributed by atoms with Crippen molar-refractivity contribution in [2.45, 2.75) is 6.17 Å². The summed E-state index contributed by atoms with van der Waals surface area (Å²) >= 11 is 0. The zero-order chi connectivity index (χ0) is 6.85. The third kappa shape index (κ3) is 1.01. The highest BCUT2D eigenvalue weighted by Gasteiger charge is 2.19. The van der Waals surface area contributed by atoms with E-state index in [-0.39, 0.29) is 5.96 Å². The molecule has 0 radical (unpaired) electrons. The van der Waals surface area contributed by atoms with Gasteiger partial charge in [0.25, 0.3) is 6.17 Å². The number of guanidine groups is 1. The second-order valence-electron chi connectivity index (χ2n) is 1.41. The fourth-order valence-corrected chi connectivity index (χ4v) is 0.395. The third-order valence-electron chi connectivity index (χ3n) is 0.745. The zero-order valence-corrected chi connectivity index (χ0v) is 4.35. The van der Waals surface area contributed by atoms with Crippen LogP contribution in [0.15, 0.2) is 15.2 Å². The fourth-order valence-electron chi connectivity index (χ4n) is 0.395. The molecule has 0 aromatic heterocycles. The summed E-state index contributed by atoms with van der Waals surface area (Å²) in [7, 11) is 0. The fraction of sp³-hybridized carbons (Fsp3) is 0.333. The molecular formula is C3H4N4O2. The van der Waals surface area contributed by atoms with Gasteiger partial charge in [0.1, 0.15) is 0 Å². The molecule has 6 nitrogen and oxygen atoms in total. The predicted molar refractivity (Wildman–Crippen MR) is 27.9 cm³/mol. The van der Waals surface area contributed by atoms with Gasteiger partial charge < -0.3 is 10.8 Å². The van der Waals surface area contributed by atoms with Crippen molar-refractivity contribution in [3.05, 3.63) is 0 Å². The molecule has 48 valence electrons. The molecule has 0 saturated heterocycles. The number of carboxylic acids is 1. The van der Waals surface area contributed by atoms with Crippen LogP contribution in [0, 0.1) is 0 Å². The van der Waals surface area contributed by atoms with E-state index in [1.54, 1.807) is 0 Å². The molecule has 9 heavy (non-hydrogen) atoms. The molecule has 1 unspecified atom stereocenters. The van der Waals surface area contributed by atoms with Gasteiger partial charge >= 0.3 is 5.97 Å². The molecule has 1 aliphatic heterocycles. The smallest absolute Gasteiger partial charge is 0.353 e. The molecule has 0 aliphatic carbocycles. The van der Waals surface area contributed by atoms with E-state index in [0.717, 1.165) is 0 Å². The lowest BCUT2D eigenvalue weighted by molar-refractivity contribution is -0.138. The van der Waals surface area contributed by atoms with Gasteiger partial charge in [0.05, 0.1) is 0 Å². The molecule has 0 fully saturated rings. The average Bonchev–Trinajstić information content (AvgIpc) is 2.14.